The van der Waals surface area contributed by atoms with Crippen LogP contribution in [0.2, 0.25) is 0 Å². The quantitative estimate of drug-likeness (QED) is 0.396. The molecule has 1 saturated heterocycles. The molecule has 0 amide bonds. The molecule has 166 valence electrons. The van der Waals surface area contributed by atoms with Crippen molar-refractivity contribution in [3.63, 3.8) is 0 Å². The molecule has 1 unspecified atom stereocenters. The SMILES string of the molecule is CC(C)OC(=O)[C@@H](C)N[PH](=O)OC[C@@H]1C[C@H](C)[C@H](n2cnc3c(=O)[nH]c(N)nc32)O1. The van der Waals surface area contributed by atoms with Crippen LogP contribution < -0.4 is 16.4 Å². The Morgan fingerprint density at radius 3 is 2.93 bits per heavy atom. The Hall–Kier alpha value is -2.27. The molecule has 2 aromatic rings. The standard InChI is InChI=1S/C17H27N6O6P/c1-8(2)28-16(25)10(4)22-30(26)27-6-11-5-9(3)15(29-11)23-7-19-12-13(23)20-17(18)21-14(12)24/h7-11,15,30H,5-6H2,1-4H3,(H,22,26)(H3,18,20,21,24)/t9-,10+,11-,15+/m0/s1. The molecule has 12 nitrogen and oxygen atoms in total. The topological polar surface area (TPSA) is 163 Å². The van der Waals surface area contributed by atoms with E-state index in [0.29, 0.717) is 12.1 Å². The molecule has 3 rings (SSSR count). The van der Waals surface area contributed by atoms with Crippen molar-refractivity contribution in [3.8, 4) is 0 Å². The summed E-state index contributed by atoms with van der Waals surface area (Å²) < 4.78 is 30.3. The molecule has 1 aliphatic heterocycles. The fourth-order valence-corrected chi connectivity index (χ4v) is 4.17. The number of nitrogen functional groups attached to an aromatic ring is 1. The average Bonchev–Trinajstić information content (AvgIpc) is 3.22. The summed E-state index contributed by atoms with van der Waals surface area (Å²) in [5.41, 5.74) is 5.73. The summed E-state index contributed by atoms with van der Waals surface area (Å²) in [7, 11) is -2.66. The van der Waals surface area contributed by atoms with Crippen LogP contribution in [0.5, 0.6) is 0 Å². The fraction of sp³-hybridized carbons (Fsp3) is 0.647. The predicted molar refractivity (Wildman–Crippen MR) is 109 cm³/mol. The van der Waals surface area contributed by atoms with Crippen LogP contribution in [-0.4, -0.2) is 50.3 Å². The highest BCUT2D eigenvalue weighted by atomic mass is 31.1. The van der Waals surface area contributed by atoms with Crippen molar-refractivity contribution < 1.29 is 23.4 Å². The summed E-state index contributed by atoms with van der Waals surface area (Å²) in [6, 6.07) is -0.748. The number of carbonyl (C=O) groups is 1. The Bertz CT molecular complexity index is 991. The van der Waals surface area contributed by atoms with E-state index in [4.69, 9.17) is 19.7 Å². The zero-order chi connectivity index (χ0) is 22.0. The van der Waals surface area contributed by atoms with Crippen LogP contribution in [0.4, 0.5) is 5.95 Å². The highest BCUT2D eigenvalue weighted by Crippen LogP contribution is 2.36. The van der Waals surface area contributed by atoms with Gasteiger partial charge in [0.25, 0.3) is 13.7 Å². The molecule has 30 heavy (non-hydrogen) atoms. The minimum Gasteiger partial charge on any atom is -0.462 e. The number of nitrogens with one attached hydrogen (secondary N) is 2. The summed E-state index contributed by atoms with van der Waals surface area (Å²) in [6.45, 7) is 7.11. The summed E-state index contributed by atoms with van der Waals surface area (Å²) in [6.07, 6.45) is 1.13. The van der Waals surface area contributed by atoms with Crippen LogP contribution >= 0.6 is 8.18 Å². The van der Waals surface area contributed by atoms with Crippen molar-refractivity contribution >= 4 is 31.3 Å². The van der Waals surface area contributed by atoms with E-state index in [1.807, 2.05) is 6.92 Å². The van der Waals surface area contributed by atoms with Crippen molar-refractivity contribution in [2.24, 2.45) is 5.92 Å². The smallest absolute Gasteiger partial charge is 0.323 e. The molecule has 2 aromatic heterocycles. The van der Waals surface area contributed by atoms with Gasteiger partial charge in [-0.05, 0) is 27.2 Å². The Morgan fingerprint density at radius 2 is 2.23 bits per heavy atom. The Morgan fingerprint density at radius 1 is 1.50 bits per heavy atom. The summed E-state index contributed by atoms with van der Waals surface area (Å²) in [5, 5.41) is 2.61. The van der Waals surface area contributed by atoms with E-state index in [0.717, 1.165) is 0 Å². The number of H-pyrrole nitrogens is 1. The number of imidazole rings is 1. The minimum absolute atomic E-state index is 0.00503. The van der Waals surface area contributed by atoms with Gasteiger partial charge in [0.15, 0.2) is 11.2 Å². The molecule has 4 N–H and O–H groups in total. The highest BCUT2D eigenvalue weighted by Gasteiger charge is 2.35. The van der Waals surface area contributed by atoms with Gasteiger partial charge in [0.1, 0.15) is 12.3 Å². The van der Waals surface area contributed by atoms with E-state index in [-0.39, 0.29) is 36.2 Å². The number of hydrogen-bond donors (Lipinski definition) is 3. The number of ether oxygens (including phenoxy) is 2. The Kier molecular flexibility index (Phi) is 6.91. The molecular formula is C17H27N6O6P. The maximum atomic E-state index is 12.2. The zero-order valence-electron chi connectivity index (χ0n) is 17.2. The first-order valence-electron chi connectivity index (χ1n) is 9.67. The Labute approximate surface area is 173 Å². The van der Waals surface area contributed by atoms with Crippen molar-refractivity contribution in [1.82, 2.24) is 24.6 Å². The lowest BCUT2D eigenvalue weighted by molar-refractivity contribution is -0.149. The van der Waals surface area contributed by atoms with Crippen LogP contribution in [0, 0.1) is 5.92 Å². The van der Waals surface area contributed by atoms with Gasteiger partial charge in [0.2, 0.25) is 5.95 Å². The number of aromatic amines is 1. The molecule has 0 radical (unpaired) electrons. The number of anilines is 1. The second-order valence-electron chi connectivity index (χ2n) is 7.59. The normalized spacial score (nSPS) is 23.7. The number of carbonyl (C=O) groups excluding carboxylic acids is 1. The van der Waals surface area contributed by atoms with E-state index < -0.39 is 32.0 Å². The van der Waals surface area contributed by atoms with Crippen molar-refractivity contribution in [2.75, 3.05) is 12.3 Å². The first kappa shape index (κ1) is 22.4. The van der Waals surface area contributed by atoms with Crippen molar-refractivity contribution in [1.29, 1.82) is 0 Å². The van der Waals surface area contributed by atoms with Gasteiger partial charge in [-0.3, -0.25) is 23.7 Å². The molecular weight excluding hydrogens is 415 g/mol. The Balaban J connectivity index is 1.58. The predicted octanol–water partition coefficient (Wildman–Crippen LogP) is 0.961. The number of rotatable bonds is 8. The number of aromatic nitrogens is 4. The zero-order valence-corrected chi connectivity index (χ0v) is 18.2. The summed E-state index contributed by atoms with van der Waals surface area (Å²) in [5.74, 6) is -0.436. The maximum absolute atomic E-state index is 12.2. The van der Waals surface area contributed by atoms with Crippen LogP contribution in [0.1, 0.15) is 40.3 Å². The number of nitrogens with two attached hydrogens (primary N) is 1. The monoisotopic (exact) mass is 442 g/mol. The first-order valence-corrected chi connectivity index (χ1v) is 11.0. The molecule has 0 aromatic carbocycles. The molecule has 3 heterocycles. The minimum atomic E-state index is -2.66. The molecule has 1 fully saturated rings. The fourth-order valence-electron chi connectivity index (χ4n) is 3.27. The van der Waals surface area contributed by atoms with Crippen LogP contribution in [0.25, 0.3) is 11.2 Å². The largest absolute Gasteiger partial charge is 0.462 e. The lowest BCUT2D eigenvalue weighted by atomic mass is 10.1. The van der Waals surface area contributed by atoms with E-state index in [9.17, 15) is 14.2 Å². The van der Waals surface area contributed by atoms with E-state index >= 15 is 0 Å². The number of hydrogen-bond acceptors (Lipinski definition) is 9. The second kappa shape index (κ2) is 9.25. The molecule has 5 atom stereocenters. The molecule has 0 spiro atoms. The van der Waals surface area contributed by atoms with Crippen LogP contribution in [-0.2, 0) is 23.4 Å². The highest BCUT2D eigenvalue weighted by molar-refractivity contribution is 7.36. The van der Waals surface area contributed by atoms with Crippen molar-refractivity contribution in [2.45, 2.75) is 58.6 Å². The molecule has 0 saturated carbocycles. The van der Waals surface area contributed by atoms with E-state index in [1.165, 1.54) is 6.33 Å². The van der Waals surface area contributed by atoms with Gasteiger partial charge < -0.3 is 19.7 Å². The van der Waals surface area contributed by atoms with Crippen LogP contribution in [0.3, 0.4) is 0 Å². The first-order chi connectivity index (χ1) is 14.2. The third-order valence-electron chi connectivity index (χ3n) is 4.62. The number of esters is 1. The van der Waals surface area contributed by atoms with Gasteiger partial charge in [-0.1, -0.05) is 6.92 Å². The molecule has 13 heteroatoms. The van der Waals surface area contributed by atoms with Crippen LogP contribution in [0.15, 0.2) is 11.1 Å². The molecule has 0 aliphatic carbocycles. The van der Waals surface area contributed by atoms with Crippen molar-refractivity contribution in [3.05, 3.63) is 16.7 Å². The molecule has 1 aliphatic rings. The van der Waals surface area contributed by atoms with Gasteiger partial charge in [0.05, 0.1) is 25.1 Å². The van der Waals surface area contributed by atoms with E-state index in [2.05, 4.69) is 20.0 Å². The third-order valence-corrected chi connectivity index (χ3v) is 5.72. The van der Waals surface area contributed by atoms with Gasteiger partial charge in [-0.25, -0.2) is 10.1 Å². The van der Waals surface area contributed by atoms with Gasteiger partial charge in [0, 0.05) is 5.92 Å². The number of fused-ring (bicyclic) bond motifs is 1. The summed E-state index contributed by atoms with van der Waals surface area (Å²) in [4.78, 5) is 34.4. The molecule has 0 bridgehead atoms. The maximum Gasteiger partial charge on any atom is 0.323 e. The average molecular weight is 442 g/mol. The van der Waals surface area contributed by atoms with Gasteiger partial charge in [-0.15, -0.1) is 0 Å². The lowest BCUT2D eigenvalue weighted by Crippen LogP contribution is -2.33. The van der Waals surface area contributed by atoms with Gasteiger partial charge in [-0.2, -0.15) is 4.98 Å². The summed E-state index contributed by atoms with van der Waals surface area (Å²) >= 11 is 0. The lowest BCUT2D eigenvalue weighted by Gasteiger charge is -2.18. The number of nitrogens with zero attached hydrogens (tertiary/aromatic N) is 3. The second-order valence-corrected chi connectivity index (χ2v) is 8.74. The van der Waals surface area contributed by atoms with Gasteiger partial charge >= 0.3 is 5.97 Å². The third kappa shape index (κ3) is 5.07. The van der Waals surface area contributed by atoms with E-state index in [1.54, 1.807) is 25.3 Å².